The summed E-state index contributed by atoms with van der Waals surface area (Å²) in [5, 5.41) is 0. The first kappa shape index (κ1) is 15.1. The van der Waals surface area contributed by atoms with Crippen molar-refractivity contribution in [3.05, 3.63) is 36.2 Å². The molecule has 0 saturated heterocycles. The number of nitrogens with two attached hydrogens (primary N) is 1. The van der Waals surface area contributed by atoms with Gasteiger partial charge in [0.25, 0.3) is 0 Å². The Labute approximate surface area is 123 Å². The third-order valence-corrected chi connectivity index (χ3v) is 2.56. The standard InChI is InChI=1S/C15H19N3O3/c1-3-19-10-14-17-13(16)9-15(18-14)21-12-7-5-11(6-8-12)20-4-2/h5-9H,3-4,10H2,1-2H3,(H2,16,17,18). The van der Waals surface area contributed by atoms with Crippen molar-refractivity contribution in [1.82, 2.24) is 9.97 Å². The lowest BCUT2D eigenvalue weighted by molar-refractivity contribution is 0.128. The predicted octanol–water partition coefficient (Wildman–Crippen LogP) is 2.79. The minimum absolute atomic E-state index is 0.307. The van der Waals surface area contributed by atoms with Gasteiger partial charge in [0, 0.05) is 12.7 Å². The molecule has 6 nitrogen and oxygen atoms in total. The Kier molecular flexibility index (Phi) is 5.34. The summed E-state index contributed by atoms with van der Waals surface area (Å²) >= 11 is 0. The van der Waals surface area contributed by atoms with Gasteiger partial charge >= 0.3 is 0 Å². The van der Waals surface area contributed by atoms with Crippen molar-refractivity contribution >= 4 is 5.82 Å². The van der Waals surface area contributed by atoms with Gasteiger partial charge in [0.15, 0.2) is 5.82 Å². The Hall–Kier alpha value is -2.34. The van der Waals surface area contributed by atoms with E-state index in [1.807, 2.05) is 38.1 Å². The molecule has 6 heteroatoms. The Morgan fingerprint density at radius 1 is 1.00 bits per heavy atom. The van der Waals surface area contributed by atoms with Gasteiger partial charge in [-0.1, -0.05) is 0 Å². The first-order valence-electron chi connectivity index (χ1n) is 6.83. The third-order valence-electron chi connectivity index (χ3n) is 2.56. The van der Waals surface area contributed by atoms with Gasteiger partial charge < -0.3 is 19.9 Å². The molecule has 0 amide bonds. The maximum absolute atomic E-state index is 5.74. The zero-order valence-electron chi connectivity index (χ0n) is 12.2. The number of hydrogen-bond acceptors (Lipinski definition) is 6. The summed E-state index contributed by atoms with van der Waals surface area (Å²) in [5.41, 5.74) is 5.74. The van der Waals surface area contributed by atoms with Gasteiger partial charge in [-0.25, -0.2) is 4.98 Å². The van der Waals surface area contributed by atoms with Crippen LogP contribution in [0.5, 0.6) is 17.4 Å². The highest BCUT2D eigenvalue weighted by molar-refractivity contribution is 5.37. The number of rotatable bonds is 7. The fourth-order valence-corrected chi connectivity index (χ4v) is 1.69. The van der Waals surface area contributed by atoms with Crippen molar-refractivity contribution in [2.75, 3.05) is 18.9 Å². The van der Waals surface area contributed by atoms with E-state index in [1.165, 1.54) is 0 Å². The minimum Gasteiger partial charge on any atom is -0.494 e. The summed E-state index contributed by atoms with van der Waals surface area (Å²) in [6.45, 7) is 5.37. The summed E-state index contributed by atoms with van der Waals surface area (Å²) in [6.07, 6.45) is 0. The van der Waals surface area contributed by atoms with Gasteiger partial charge in [0.2, 0.25) is 5.88 Å². The molecular weight excluding hydrogens is 270 g/mol. The van der Waals surface area contributed by atoms with Gasteiger partial charge in [-0.2, -0.15) is 4.98 Å². The molecule has 0 aliphatic carbocycles. The Bertz CT molecular complexity index is 573. The van der Waals surface area contributed by atoms with Crippen molar-refractivity contribution in [1.29, 1.82) is 0 Å². The SMILES string of the molecule is CCOCc1nc(N)cc(Oc2ccc(OCC)cc2)n1. The summed E-state index contributed by atoms with van der Waals surface area (Å²) in [5.74, 6) is 2.68. The van der Waals surface area contributed by atoms with E-state index in [9.17, 15) is 0 Å². The largest absolute Gasteiger partial charge is 0.494 e. The van der Waals surface area contributed by atoms with Crippen LogP contribution < -0.4 is 15.2 Å². The second-order valence-electron chi connectivity index (χ2n) is 4.19. The van der Waals surface area contributed by atoms with Crippen molar-refractivity contribution in [3.63, 3.8) is 0 Å². The molecule has 21 heavy (non-hydrogen) atoms. The van der Waals surface area contributed by atoms with Gasteiger partial charge in [0.05, 0.1) is 6.61 Å². The number of hydrogen-bond donors (Lipinski definition) is 1. The minimum atomic E-state index is 0.307. The van der Waals surface area contributed by atoms with Gasteiger partial charge in [-0.05, 0) is 38.1 Å². The number of aromatic nitrogens is 2. The summed E-state index contributed by atoms with van der Waals surface area (Å²) in [6, 6.07) is 8.87. The van der Waals surface area contributed by atoms with E-state index < -0.39 is 0 Å². The van der Waals surface area contributed by atoms with E-state index >= 15 is 0 Å². The topological polar surface area (TPSA) is 79.5 Å². The highest BCUT2D eigenvalue weighted by atomic mass is 16.5. The molecule has 0 saturated carbocycles. The van der Waals surface area contributed by atoms with E-state index in [-0.39, 0.29) is 0 Å². The molecule has 2 aromatic rings. The van der Waals surface area contributed by atoms with Crippen LogP contribution in [0.15, 0.2) is 30.3 Å². The maximum Gasteiger partial charge on any atom is 0.224 e. The Balaban J connectivity index is 2.09. The molecule has 1 heterocycles. The molecule has 1 aromatic heterocycles. The first-order chi connectivity index (χ1) is 10.2. The molecule has 0 radical (unpaired) electrons. The van der Waals surface area contributed by atoms with Crippen molar-refractivity contribution in [3.8, 4) is 17.4 Å². The van der Waals surface area contributed by atoms with Crippen molar-refractivity contribution in [2.45, 2.75) is 20.5 Å². The number of ether oxygens (including phenoxy) is 3. The zero-order chi connectivity index (χ0) is 15.1. The molecule has 2 N–H and O–H groups in total. The van der Waals surface area contributed by atoms with Crippen LogP contribution in [0.4, 0.5) is 5.82 Å². The lowest BCUT2D eigenvalue weighted by Gasteiger charge is -2.08. The molecule has 0 spiro atoms. The molecule has 1 aromatic carbocycles. The van der Waals surface area contributed by atoms with Crippen LogP contribution >= 0.6 is 0 Å². The fourth-order valence-electron chi connectivity index (χ4n) is 1.69. The molecular formula is C15H19N3O3. The van der Waals surface area contributed by atoms with Gasteiger partial charge in [0.1, 0.15) is 23.9 Å². The first-order valence-corrected chi connectivity index (χ1v) is 6.83. The van der Waals surface area contributed by atoms with E-state index in [1.54, 1.807) is 6.07 Å². The highest BCUT2D eigenvalue weighted by Gasteiger charge is 2.05. The average Bonchev–Trinajstić information content (AvgIpc) is 2.47. The fraction of sp³-hybridized carbons (Fsp3) is 0.333. The second kappa shape index (κ2) is 7.44. The van der Waals surface area contributed by atoms with E-state index in [4.69, 9.17) is 19.9 Å². The number of anilines is 1. The van der Waals surface area contributed by atoms with Gasteiger partial charge in [-0.15, -0.1) is 0 Å². The molecule has 0 fully saturated rings. The van der Waals surface area contributed by atoms with Crippen LogP contribution in [0.3, 0.4) is 0 Å². The zero-order valence-corrected chi connectivity index (χ0v) is 12.2. The predicted molar refractivity (Wildman–Crippen MR) is 79.5 cm³/mol. The van der Waals surface area contributed by atoms with Crippen LogP contribution in [0.1, 0.15) is 19.7 Å². The third kappa shape index (κ3) is 4.61. The average molecular weight is 289 g/mol. The lowest BCUT2D eigenvalue weighted by atomic mass is 10.3. The van der Waals surface area contributed by atoms with Crippen LogP contribution in [-0.2, 0) is 11.3 Å². The quantitative estimate of drug-likeness (QED) is 0.844. The molecule has 0 bridgehead atoms. The van der Waals surface area contributed by atoms with Crippen molar-refractivity contribution < 1.29 is 14.2 Å². The van der Waals surface area contributed by atoms with Crippen LogP contribution in [-0.4, -0.2) is 23.2 Å². The number of nitrogens with zero attached hydrogens (tertiary/aromatic N) is 2. The Morgan fingerprint density at radius 3 is 2.38 bits per heavy atom. The number of benzene rings is 1. The molecule has 0 atom stereocenters. The summed E-state index contributed by atoms with van der Waals surface area (Å²) < 4.78 is 16.3. The number of nitrogen functional groups attached to an aromatic ring is 1. The highest BCUT2D eigenvalue weighted by Crippen LogP contribution is 2.23. The van der Waals surface area contributed by atoms with Crippen LogP contribution in [0.2, 0.25) is 0 Å². The lowest BCUT2D eigenvalue weighted by Crippen LogP contribution is -2.03. The van der Waals surface area contributed by atoms with Crippen LogP contribution in [0.25, 0.3) is 0 Å². The summed E-state index contributed by atoms with van der Waals surface area (Å²) in [4.78, 5) is 8.35. The Morgan fingerprint density at radius 2 is 1.71 bits per heavy atom. The molecule has 0 aliphatic rings. The monoisotopic (exact) mass is 289 g/mol. The molecule has 0 unspecified atom stereocenters. The second-order valence-corrected chi connectivity index (χ2v) is 4.19. The van der Waals surface area contributed by atoms with E-state index in [0.29, 0.717) is 43.1 Å². The van der Waals surface area contributed by atoms with Gasteiger partial charge in [-0.3, -0.25) is 0 Å². The van der Waals surface area contributed by atoms with E-state index in [0.717, 1.165) is 5.75 Å². The molecule has 0 aliphatic heterocycles. The molecule has 2 rings (SSSR count). The normalized spacial score (nSPS) is 10.4. The maximum atomic E-state index is 5.74. The summed E-state index contributed by atoms with van der Waals surface area (Å²) in [7, 11) is 0. The van der Waals surface area contributed by atoms with Crippen LogP contribution in [0, 0.1) is 0 Å². The van der Waals surface area contributed by atoms with Crippen molar-refractivity contribution in [2.24, 2.45) is 0 Å². The smallest absolute Gasteiger partial charge is 0.224 e. The van der Waals surface area contributed by atoms with E-state index in [2.05, 4.69) is 9.97 Å². The molecule has 112 valence electrons.